The fourth-order valence-corrected chi connectivity index (χ4v) is 1.66. The van der Waals surface area contributed by atoms with Crippen molar-refractivity contribution in [2.75, 3.05) is 20.1 Å². The number of urea groups is 1. The van der Waals surface area contributed by atoms with Gasteiger partial charge in [-0.25, -0.2) is 4.79 Å². The fourth-order valence-electron chi connectivity index (χ4n) is 1.66. The Morgan fingerprint density at radius 1 is 1.10 bits per heavy atom. The van der Waals surface area contributed by atoms with Crippen LogP contribution in [0.4, 0.5) is 4.79 Å². The topological polar surface area (TPSA) is 91.7 Å². The van der Waals surface area contributed by atoms with Gasteiger partial charge in [0, 0.05) is 11.6 Å². The van der Waals surface area contributed by atoms with Crippen molar-refractivity contribution in [3.05, 3.63) is 0 Å². The molecular formula is C13H25N4O3+. The Morgan fingerprint density at radius 2 is 1.65 bits per heavy atom. The average Bonchev–Trinajstić information content (AvgIpc) is 2.96. The van der Waals surface area contributed by atoms with E-state index in [1.54, 1.807) is 7.05 Å². The molecule has 0 saturated heterocycles. The summed E-state index contributed by atoms with van der Waals surface area (Å²) in [6.07, 6.45) is 2.08. The highest BCUT2D eigenvalue weighted by Gasteiger charge is 2.25. The molecule has 0 heterocycles. The number of rotatable bonds is 5. The van der Waals surface area contributed by atoms with Gasteiger partial charge in [-0.05, 0) is 33.6 Å². The van der Waals surface area contributed by atoms with Gasteiger partial charge in [0.25, 0.3) is 11.8 Å². The second-order valence-electron chi connectivity index (χ2n) is 6.40. The molecule has 0 aromatic rings. The first kappa shape index (κ1) is 16.4. The zero-order chi connectivity index (χ0) is 15.3. The van der Waals surface area contributed by atoms with Crippen molar-refractivity contribution < 1.29 is 19.3 Å². The minimum absolute atomic E-state index is 0.0584. The molecular weight excluding hydrogens is 260 g/mol. The van der Waals surface area contributed by atoms with Crippen molar-refractivity contribution in [3.8, 4) is 0 Å². The van der Waals surface area contributed by atoms with Gasteiger partial charge >= 0.3 is 6.03 Å². The molecule has 0 radical (unpaired) electrons. The highest BCUT2D eigenvalue weighted by Crippen LogP contribution is 2.17. The van der Waals surface area contributed by atoms with Crippen molar-refractivity contribution in [1.82, 2.24) is 16.0 Å². The Morgan fingerprint density at radius 3 is 2.15 bits per heavy atom. The molecule has 1 fully saturated rings. The van der Waals surface area contributed by atoms with Crippen LogP contribution in [0.2, 0.25) is 0 Å². The number of hydrogen-bond donors (Lipinski definition) is 4. The zero-order valence-corrected chi connectivity index (χ0v) is 12.6. The molecule has 1 rings (SSSR count). The molecule has 0 aromatic carbocycles. The summed E-state index contributed by atoms with van der Waals surface area (Å²) in [4.78, 5) is 35.4. The lowest BCUT2D eigenvalue weighted by molar-refractivity contribution is -0.862. The van der Waals surface area contributed by atoms with Gasteiger partial charge < -0.3 is 15.5 Å². The van der Waals surface area contributed by atoms with Gasteiger partial charge in [-0.2, -0.15) is 0 Å². The summed E-state index contributed by atoms with van der Waals surface area (Å²) in [6, 6.07) is -0.195. The van der Waals surface area contributed by atoms with E-state index >= 15 is 0 Å². The third-order valence-corrected chi connectivity index (χ3v) is 2.61. The van der Waals surface area contributed by atoms with E-state index in [0.29, 0.717) is 6.04 Å². The van der Waals surface area contributed by atoms with Crippen molar-refractivity contribution in [2.24, 2.45) is 0 Å². The van der Waals surface area contributed by atoms with E-state index in [2.05, 4.69) is 16.0 Å². The first-order valence-corrected chi connectivity index (χ1v) is 6.88. The number of likely N-dealkylation sites (N-methyl/N-ethyl adjacent to an activating group) is 1. The molecule has 7 nitrogen and oxygen atoms in total. The fraction of sp³-hybridized carbons (Fsp3) is 0.769. The maximum absolute atomic E-state index is 11.6. The zero-order valence-electron chi connectivity index (χ0n) is 12.6. The summed E-state index contributed by atoms with van der Waals surface area (Å²) in [5.41, 5.74) is -0.396. The molecule has 0 bridgehead atoms. The van der Waals surface area contributed by atoms with Gasteiger partial charge in [-0.3, -0.25) is 14.9 Å². The summed E-state index contributed by atoms with van der Waals surface area (Å²) in [5.74, 6) is -0.458. The van der Waals surface area contributed by atoms with Gasteiger partial charge in [0.15, 0.2) is 13.1 Å². The second kappa shape index (κ2) is 6.69. The lowest BCUT2D eigenvalue weighted by Gasteiger charge is -2.20. The predicted octanol–water partition coefficient (Wildman–Crippen LogP) is -1.60. The summed E-state index contributed by atoms with van der Waals surface area (Å²) < 4.78 is 0. The van der Waals surface area contributed by atoms with Crippen LogP contribution in [0.5, 0.6) is 0 Å². The number of quaternary nitrogens is 1. The van der Waals surface area contributed by atoms with E-state index in [-0.39, 0.29) is 19.0 Å². The molecule has 4 N–H and O–H groups in total. The van der Waals surface area contributed by atoms with E-state index < -0.39 is 17.5 Å². The van der Waals surface area contributed by atoms with Gasteiger partial charge in [0.05, 0.1) is 7.05 Å². The molecule has 7 heteroatoms. The maximum Gasteiger partial charge on any atom is 0.322 e. The molecule has 1 aliphatic carbocycles. The molecule has 1 saturated carbocycles. The first-order valence-electron chi connectivity index (χ1n) is 6.88. The van der Waals surface area contributed by atoms with Gasteiger partial charge in [-0.15, -0.1) is 0 Å². The number of hydrogen-bond acceptors (Lipinski definition) is 3. The van der Waals surface area contributed by atoms with Crippen LogP contribution in [0.1, 0.15) is 33.6 Å². The quantitative estimate of drug-likeness (QED) is 0.490. The highest BCUT2D eigenvalue weighted by molar-refractivity contribution is 5.95. The van der Waals surface area contributed by atoms with Crippen molar-refractivity contribution in [1.29, 1.82) is 0 Å². The van der Waals surface area contributed by atoms with Crippen LogP contribution in [0, 0.1) is 0 Å². The normalized spacial score (nSPS) is 16.2. The van der Waals surface area contributed by atoms with Crippen molar-refractivity contribution in [2.45, 2.75) is 45.2 Å². The van der Waals surface area contributed by atoms with Gasteiger partial charge in [0.1, 0.15) is 0 Å². The summed E-state index contributed by atoms with van der Waals surface area (Å²) in [7, 11) is 1.74. The van der Waals surface area contributed by atoms with Crippen LogP contribution in [-0.2, 0) is 9.59 Å². The summed E-state index contributed by atoms with van der Waals surface area (Å²) >= 11 is 0. The summed E-state index contributed by atoms with van der Waals surface area (Å²) in [6.45, 7) is 5.80. The molecule has 0 aromatic heterocycles. The van der Waals surface area contributed by atoms with Gasteiger partial charge in [0.2, 0.25) is 0 Å². The van der Waals surface area contributed by atoms with E-state index in [0.717, 1.165) is 17.7 Å². The average molecular weight is 285 g/mol. The second-order valence-corrected chi connectivity index (χ2v) is 6.40. The Kier molecular flexibility index (Phi) is 5.50. The van der Waals surface area contributed by atoms with Crippen molar-refractivity contribution >= 4 is 17.8 Å². The first-order chi connectivity index (χ1) is 9.15. The number of imide groups is 1. The minimum Gasteiger partial charge on any atom is -0.348 e. The van der Waals surface area contributed by atoms with Crippen LogP contribution in [-0.4, -0.2) is 49.6 Å². The SMILES string of the molecule is C[NH+](CC(=O)NC(=O)NC(C)(C)C)CC(=O)NC1CC1. The molecule has 1 atom stereocenters. The molecule has 20 heavy (non-hydrogen) atoms. The van der Waals surface area contributed by atoms with E-state index in [4.69, 9.17) is 0 Å². The third kappa shape index (κ3) is 7.73. The van der Waals surface area contributed by atoms with Crippen molar-refractivity contribution in [3.63, 3.8) is 0 Å². The standard InChI is InChI=1S/C13H24N4O3/c1-13(2,3)16-12(20)15-11(19)8-17(4)7-10(18)14-9-5-6-9/h9H,5-8H2,1-4H3,(H,14,18)(H2,15,16,19,20)/p+1. The summed E-state index contributed by atoms with van der Waals surface area (Å²) in [5, 5.41) is 7.75. The number of carbonyl (C=O) groups excluding carboxylic acids is 3. The largest absolute Gasteiger partial charge is 0.348 e. The molecule has 4 amide bonds. The highest BCUT2D eigenvalue weighted by atomic mass is 16.2. The smallest absolute Gasteiger partial charge is 0.322 e. The molecule has 0 aliphatic heterocycles. The van der Waals surface area contributed by atoms with E-state index in [1.165, 1.54) is 0 Å². The van der Waals surface area contributed by atoms with Crippen LogP contribution in [0.15, 0.2) is 0 Å². The maximum atomic E-state index is 11.6. The lowest BCUT2D eigenvalue weighted by atomic mass is 10.1. The molecule has 1 unspecified atom stereocenters. The number of amides is 4. The predicted molar refractivity (Wildman–Crippen MR) is 74.2 cm³/mol. The minimum atomic E-state index is -0.516. The number of carbonyl (C=O) groups is 3. The van der Waals surface area contributed by atoms with Crippen LogP contribution < -0.4 is 20.9 Å². The van der Waals surface area contributed by atoms with Gasteiger partial charge in [-0.1, -0.05) is 0 Å². The molecule has 114 valence electrons. The van der Waals surface area contributed by atoms with Crippen LogP contribution in [0.25, 0.3) is 0 Å². The Labute approximate surface area is 119 Å². The Balaban J connectivity index is 2.22. The molecule has 1 aliphatic rings. The molecule has 0 spiro atoms. The van der Waals surface area contributed by atoms with E-state index in [1.807, 2.05) is 20.8 Å². The third-order valence-electron chi connectivity index (χ3n) is 2.61. The van der Waals surface area contributed by atoms with Crippen LogP contribution in [0.3, 0.4) is 0 Å². The lowest BCUT2D eigenvalue weighted by Crippen LogP contribution is -3.11. The Hall–Kier alpha value is -1.63. The van der Waals surface area contributed by atoms with Crippen LogP contribution >= 0.6 is 0 Å². The number of nitrogens with one attached hydrogen (secondary N) is 4. The Bertz CT molecular complexity index is 386. The van der Waals surface area contributed by atoms with E-state index in [9.17, 15) is 14.4 Å². The monoisotopic (exact) mass is 285 g/mol.